The van der Waals surface area contributed by atoms with Crippen LogP contribution in [0.1, 0.15) is 11.8 Å². The third kappa shape index (κ3) is 7.28. The van der Waals surface area contributed by atoms with Crippen molar-refractivity contribution in [2.24, 2.45) is 5.11 Å². The second kappa shape index (κ2) is 12.9. The summed E-state index contributed by atoms with van der Waals surface area (Å²) in [5.41, 5.74) is 5.77. The van der Waals surface area contributed by atoms with Gasteiger partial charge in [-0.2, -0.15) is 0 Å². The molecule has 1 aliphatic heterocycles. The van der Waals surface area contributed by atoms with Crippen LogP contribution in [0.25, 0.3) is 10.4 Å². The van der Waals surface area contributed by atoms with Crippen molar-refractivity contribution in [1.82, 2.24) is 14.6 Å². The van der Waals surface area contributed by atoms with Gasteiger partial charge in [0.15, 0.2) is 6.23 Å². The number of ether oxygens (including phenoxy) is 2. The summed E-state index contributed by atoms with van der Waals surface area (Å²) in [6.07, 6.45) is -4.49. The van der Waals surface area contributed by atoms with Crippen molar-refractivity contribution in [1.29, 1.82) is 0 Å². The molecule has 3 aromatic rings. The Kier molecular flexibility index (Phi) is 9.37. The summed E-state index contributed by atoms with van der Waals surface area (Å²) in [7, 11) is -4.49. The first kappa shape index (κ1) is 29.7. The minimum atomic E-state index is -4.49. The number of para-hydroxylation sites is 1. The molecule has 4 N–H and O–H groups in total. The van der Waals surface area contributed by atoms with Crippen LogP contribution < -0.4 is 20.9 Å². The molecule has 17 heteroatoms. The van der Waals surface area contributed by atoms with Crippen LogP contribution in [0.5, 0.6) is 5.75 Å². The van der Waals surface area contributed by atoms with Crippen LogP contribution in [0, 0.1) is 0 Å². The van der Waals surface area contributed by atoms with E-state index in [9.17, 15) is 34.7 Å². The van der Waals surface area contributed by atoms with Crippen LogP contribution >= 0.6 is 7.75 Å². The monoisotopic (exact) mass is 588 g/mol. The summed E-state index contributed by atoms with van der Waals surface area (Å²) in [6.45, 7) is -1.65. The smallest absolute Gasteiger partial charge is 0.459 e. The average molecular weight is 588 g/mol. The highest BCUT2D eigenvalue weighted by molar-refractivity contribution is 7.52. The zero-order chi connectivity index (χ0) is 29.5. The number of aliphatic hydroxyl groups is 2. The first-order valence-electron chi connectivity index (χ1n) is 12.0. The topological polar surface area (TPSA) is 227 Å². The molecule has 4 rings (SSSR count). The molecule has 0 radical (unpaired) electrons. The zero-order valence-electron chi connectivity index (χ0n) is 21.2. The number of nitrogens with one attached hydrogen (secondary N) is 2. The molecule has 1 fully saturated rings. The lowest BCUT2D eigenvalue weighted by molar-refractivity contribution is -0.143. The van der Waals surface area contributed by atoms with Gasteiger partial charge in [-0.3, -0.25) is 23.7 Å². The van der Waals surface area contributed by atoms with Crippen molar-refractivity contribution in [3.8, 4) is 5.75 Å². The number of aromatic amines is 1. The van der Waals surface area contributed by atoms with Crippen LogP contribution in [-0.4, -0.2) is 56.8 Å². The first-order valence-corrected chi connectivity index (χ1v) is 13.5. The fourth-order valence-corrected chi connectivity index (χ4v) is 5.06. The largest absolute Gasteiger partial charge is 0.460 e. The van der Waals surface area contributed by atoms with Gasteiger partial charge in [0.05, 0.1) is 6.61 Å². The van der Waals surface area contributed by atoms with E-state index in [0.29, 0.717) is 0 Å². The molecule has 2 heterocycles. The van der Waals surface area contributed by atoms with E-state index in [1.807, 2.05) is 4.98 Å². The maximum Gasteiger partial charge on any atom is 0.459 e. The standard InChI is InChI=1S/C24H25N6O10P/c25-29-28-24(21(34)20(33)22(39-24)30-12-11-18(31)27-23(30)35)15-38-41(36,40-17-9-5-2-6-10-17)26-13-19(32)37-14-16-7-3-1-4-8-16/h1-12,20-22,33-34H,13-15H2,(H,26,36)(H,27,31,35)/t20-,21+,22-,24-,41?/m1/s1. The Morgan fingerprint density at radius 1 is 1.15 bits per heavy atom. The first-order chi connectivity index (χ1) is 19.6. The summed E-state index contributed by atoms with van der Waals surface area (Å²) < 4.78 is 36.1. The third-order valence-corrected chi connectivity index (χ3v) is 7.28. The predicted octanol–water partition coefficient (Wildman–Crippen LogP) is 1.33. The Labute approximate surface area is 231 Å². The van der Waals surface area contributed by atoms with Gasteiger partial charge in [-0.05, 0) is 23.2 Å². The molecule has 2 aromatic carbocycles. The summed E-state index contributed by atoms with van der Waals surface area (Å²) in [4.78, 5) is 40.6. The summed E-state index contributed by atoms with van der Waals surface area (Å²) in [5.74, 6) is -0.728. The molecule has 1 unspecified atom stereocenters. The van der Waals surface area contributed by atoms with E-state index < -0.39 is 62.3 Å². The minimum absolute atomic E-state index is 0.0462. The number of aromatic nitrogens is 2. The maximum absolute atomic E-state index is 13.7. The van der Waals surface area contributed by atoms with Crippen molar-refractivity contribution in [3.63, 3.8) is 0 Å². The molecule has 216 valence electrons. The Bertz CT molecular complexity index is 1560. The van der Waals surface area contributed by atoms with Crippen molar-refractivity contribution in [2.45, 2.75) is 30.8 Å². The van der Waals surface area contributed by atoms with Gasteiger partial charge in [0, 0.05) is 17.2 Å². The third-order valence-electron chi connectivity index (χ3n) is 5.81. The molecule has 1 aromatic heterocycles. The number of benzene rings is 2. The molecule has 0 aliphatic carbocycles. The number of aliphatic hydroxyl groups excluding tert-OH is 2. The van der Waals surface area contributed by atoms with E-state index >= 15 is 0 Å². The lowest BCUT2D eigenvalue weighted by atomic mass is 10.1. The second-order valence-electron chi connectivity index (χ2n) is 8.65. The average Bonchev–Trinajstić information content (AvgIpc) is 3.21. The van der Waals surface area contributed by atoms with Crippen LogP contribution in [0.4, 0.5) is 0 Å². The van der Waals surface area contributed by atoms with E-state index in [0.717, 1.165) is 22.4 Å². The number of hydrogen-bond acceptors (Lipinski definition) is 11. The molecular weight excluding hydrogens is 563 g/mol. The van der Waals surface area contributed by atoms with Gasteiger partial charge in [-0.25, -0.2) is 14.4 Å². The summed E-state index contributed by atoms with van der Waals surface area (Å²) in [5, 5.41) is 27.2. The van der Waals surface area contributed by atoms with Gasteiger partial charge in [0.25, 0.3) is 5.56 Å². The van der Waals surface area contributed by atoms with Crippen molar-refractivity contribution in [3.05, 3.63) is 110 Å². The Morgan fingerprint density at radius 2 is 1.83 bits per heavy atom. The molecule has 1 aliphatic rings. The van der Waals surface area contributed by atoms with Crippen molar-refractivity contribution < 1.29 is 38.1 Å². The lowest BCUT2D eigenvalue weighted by Crippen LogP contribution is -2.45. The molecule has 0 amide bonds. The van der Waals surface area contributed by atoms with Crippen LogP contribution in [-0.2, 0) is 30.0 Å². The molecule has 0 spiro atoms. The lowest BCUT2D eigenvalue weighted by Gasteiger charge is -2.28. The molecule has 16 nitrogen and oxygen atoms in total. The van der Waals surface area contributed by atoms with Gasteiger partial charge in [-0.15, -0.1) is 0 Å². The van der Waals surface area contributed by atoms with E-state index in [1.54, 1.807) is 48.5 Å². The van der Waals surface area contributed by atoms with E-state index in [4.69, 9.17) is 18.5 Å². The number of esters is 1. The zero-order valence-corrected chi connectivity index (χ0v) is 22.1. The fourth-order valence-electron chi connectivity index (χ4n) is 3.78. The summed E-state index contributed by atoms with van der Waals surface area (Å²) >= 11 is 0. The van der Waals surface area contributed by atoms with E-state index in [1.165, 1.54) is 12.1 Å². The van der Waals surface area contributed by atoms with Gasteiger partial charge in [0.2, 0.25) is 5.72 Å². The predicted molar refractivity (Wildman–Crippen MR) is 140 cm³/mol. The number of nitrogens with zero attached hydrogens (tertiary/aromatic N) is 4. The van der Waals surface area contributed by atoms with E-state index in [2.05, 4.69) is 15.1 Å². The highest BCUT2D eigenvalue weighted by Crippen LogP contribution is 2.47. The van der Waals surface area contributed by atoms with Crippen molar-refractivity contribution in [2.75, 3.05) is 13.2 Å². The SMILES string of the molecule is [N-]=[N+]=N[C@]1(COP(=O)(NCC(=O)OCc2ccccc2)Oc2ccccc2)O[C@@H](n2ccc(=O)[nH]c2=O)[C@H](O)[C@@H]1O. The normalized spacial score (nSPS) is 23.2. The van der Waals surface area contributed by atoms with Crippen molar-refractivity contribution >= 4 is 13.7 Å². The highest BCUT2D eigenvalue weighted by atomic mass is 31.2. The highest BCUT2D eigenvalue weighted by Gasteiger charge is 2.56. The minimum Gasteiger partial charge on any atom is -0.460 e. The molecule has 0 saturated carbocycles. The fraction of sp³-hybridized carbons (Fsp3) is 0.292. The number of carbonyl (C=O) groups excluding carboxylic acids is 1. The maximum atomic E-state index is 13.7. The number of hydrogen-bond donors (Lipinski definition) is 4. The Morgan fingerprint density at radius 3 is 2.49 bits per heavy atom. The Hall–Kier alpha value is -4.27. The molecular formula is C24H25N6O10P. The molecule has 41 heavy (non-hydrogen) atoms. The molecule has 0 bridgehead atoms. The van der Waals surface area contributed by atoms with Crippen LogP contribution in [0.15, 0.2) is 87.6 Å². The summed E-state index contributed by atoms with van der Waals surface area (Å²) in [6, 6.07) is 17.6. The van der Waals surface area contributed by atoms with Gasteiger partial charge in [0.1, 0.15) is 31.1 Å². The quantitative estimate of drug-likeness (QED) is 0.0775. The van der Waals surface area contributed by atoms with E-state index in [-0.39, 0.29) is 12.4 Å². The molecule has 5 atom stereocenters. The van der Waals surface area contributed by atoms with Gasteiger partial charge < -0.3 is 24.2 Å². The number of H-pyrrole nitrogens is 1. The van der Waals surface area contributed by atoms with Gasteiger partial charge in [-0.1, -0.05) is 53.6 Å². The molecule has 1 saturated heterocycles. The van der Waals surface area contributed by atoms with Crippen LogP contribution in [0.3, 0.4) is 0 Å². The second-order valence-corrected chi connectivity index (χ2v) is 10.4. The number of azide groups is 1. The number of carbonyl (C=O) groups is 1. The Balaban J connectivity index is 1.52. The van der Waals surface area contributed by atoms with Gasteiger partial charge >= 0.3 is 19.4 Å². The van der Waals surface area contributed by atoms with Crippen LogP contribution in [0.2, 0.25) is 0 Å². The number of rotatable bonds is 12.